The molecule has 0 aliphatic rings. The van der Waals surface area contributed by atoms with Crippen LogP contribution in [0.25, 0.3) is 11.1 Å². The van der Waals surface area contributed by atoms with E-state index in [4.69, 9.17) is 34.8 Å². The van der Waals surface area contributed by atoms with Gasteiger partial charge in [0.2, 0.25) is 0 Å². The van der Waals surface area contributed by atoms with Gasteiger partial charge in [-0.2, -0.15) is 13.2 Å². The van der Waals surface area contributed by atoms with Crippen LogP contribution in [0.4, 0.5) is 22.0 Å². The van der Waals surface area contributed by atoms with Gasteiger partial charge in [0.1, 0.15) is 0 Å². The monoisotopic (exact) mass is 374 g/mol. The molecule has 0 aromatic heterocycles. The van der Waals surface area contributed by atoms with Crippen LogP contribution in [0.3, 0.4) is 0 Å². The first kappa shape index (κ1) is 17.3. The summed E-state index contributed by atoms with van der Waals surface area (Å²) in [7, 11) is 0. The zero-order valence-electron chi connectivity index (χ0n) is 10.5. The highest BCUT2D eigenvalue weighted by Crippen LogP contribution is 2.44. The maximum atomic E-state index is 13.2. The molecule has 2 rings (SSSR count). The van der Waals surface area contributed by atoms with Crippen molar-refractivity contribution in [3.8, 4) is 11.1 Å². The third-order valence-corrected chi connectivity index (χ3v) is 3.93. The average Bonchev–Trinajstić information content (AvgIpc) is 2.40. The molecule has 0 nitrogen and oxygen atoms in total. The topological polar surface area (TPSA) is 0 Å². The van der Waals surface area contributed by atoms with Gasteiger partial charge in [0.05, 0.1) is 15.6 Å². The van der Waals surface area contributed by atoms with Gasteiger partial charge in [-0.15, -0.1) is 0 Å². The SMILES string of the molecule is FC(F)c1c(-c2cc(Cl)cc(Cl)c2Cl)cccc1C(F)(F)F. The van der Waals surface area contributed by atoms with Gasteiger partial charge in [0, 0.05) is 16.1 Å². The number of halogens is 8. The Morgan fingerprint density at radius 3 is 2.09 bits per heavy atom. The Labute approximate surface area is 137 Å². The molecule has 0 N–H and O–H groups in total. The Hall–Kier alpha value is -1.04. The molecule has 0 heterocycles. The van der Waals surface area contributed by atoms with Crippen LogP contribution in [0.2, 0.25) is 15.1 Å². The molecule has 0 spiro atoms. The molecular formula is C14H6Cl3F5. The lowest BCUT2D eigenvalue weighted by Gasteiger charge is -2.17. The van der Waals surface area contributed by atoms with E-state index in [0.29, 0.717) is 6.07 Å². The predicted molar refractivity (Wildman–Crippen MR) is 76.9 cm³/mol. The second kappa shape index (κ2) is 6.22. The smallest absolute Gasteiger partial charge is 0.205 e. The van der Waals surface area contributed by atoms with Gasteiger partial charge in [0.15, 0.2) is 0 Å². The summed E-state index contributed by atoms with van der Waals surface area (Å²) in [4.78, 5) is 0. The highest BCUT2D eigenvalue weighted by Gasteiger charge is 2.37. The molecule has 0 unspecified atom stereocenters. The van der Waals surface area contributed by atoms with E-state index in [9.17, 15) is 22.0 Å². The molecule has 0 aliphatic carbocycles. The molecule has 8 heteroatoms. The molecular weight excluding hydrogens is 370 g/mol. The fourth-order valence-corrected chi connectivity index (χ4v) is 2.74. The quantitative estimate of drug-likeness (QED) is 0.382. The summed E-state index contributed by atoms with van der Waals surface area (Å²) < 4.78 is 65.3. The number of hydrogen-bond acceptors (Lipinski definition) is 0. The van der Waals surface area contributed by atoms with E-state index in [1.54, 1.807) is 0 Å². The summed E-state index contributed by atoms with van der Waals surface area (Å²) in [6.07, 6.45) is -8.27. The van der Waals surface area contributed by atoms with Crippen molar-refractivity contribution in [2.75, 3.05) is 0 Å². The molecule has 0 amide bonds. The standard InChI is InChI=1S/C14H6Cl3F5/c15-6-4-8(12(17)10(16)5-6)7-2-1-3-9(14(20,21)22)11(7)13(18)19/h1-5,13H. The van der Waals surface area contributed by atoms with Crippen LogP contribution in [0.15, 0.2) is 30.3 Å². The zero-order valence-corrected chi connectivity index (χ0v) is 12.8. The Balaban J connectivity index is 2.82. The second-order valence-corrected chi connectivity index (χ2v) is 5.54. The van der Waals surface area contributed by atoms with E-state index >= 15 is 0 Å². The Morgan fingerprint density at radius 2 is 1.55 bits per heavy atom. The van der Waals surface area contributed by atoms with Crippen molar-refractivity contribution in [3.63, 3.8) is 0 Å². The summed E-state index contributed by atoms with van der Waals surface area (Å²) in [5.41, 5.74) is -3.03. The van der Waals surface area contributed by atoms with Gasteiger partial charge in [-0.3, -0.25) is 0 Å². The highest BCUT2D eigenvalue weighted by molar-refractivity contribution is 6.45. The van der Waals surface area contributed by atoms with E-state index in [1.165, 1.54) is 12.1 Å². The van der Waals surface area contributed by atoms with Crippen molar-refractivity contribution < 1.29 is 22.0 Å². The Bertz CT molecular complexity index is 710. The van der Waals surface area contributed by atoms with Gasteiger partial charge in [-0.1, -0.05) is 46.9 Å². The minimum Gasteiger partial charge on any atom is -0.205 e. The van der Waals surface area contributed by atoms with Crippen LogP contribution in [0.1, 0.15) is 17.6 Å². The van der Waals surface area contributed by atoms with Crippen molar-refractivity contribution in [2.45, 2.75) is 12.6 Å². The number of benzene rings is 2. The minimum atomic E-state index is -4.92. The van der Waals surface area contributed by atoms with E-state index in [-0.39, 0.29) is 26.2 Å². The average molecular weight is 376 g/mol. The third-order valence-electron chi connectivity index (χ3n) is 2.91. The summed E-state index contributed by atoms with van der Waals surface area (Å²) in [6.45, 7) is 0. The van der Waals surface area contributed by atoms with E-state index < -0.39 is 23.7 Å². The van der Waals surface area contributed by atoms with Crippen molar-refractivity contribution in [3.05, 3.63) is 56.5 Å². The van der Waals surface area contributed by atoms with Crippen LogP contribution in [0, 0.1) is 0 Å². The van der Waals surface area contributed by atoms with Crippen molar-refractivity contribution in [2.24, 2.45) is 0 Å². The molecule has 0 bridgehead atoms. The van der Waals surface area contributed by atoms with E-state index in [2.05, 4.69) is 0 Å². The second-order valence-electron chi connectivity index (χ2n) is 4.31. The summed E-state index contributed by atoms with van der Waals surface area (Å²) in [5, 5.41) is -0.115. The van der Waals surface area contributed by atoms with Gasteiger partial charge < -0.3 is 0 Å². The number of rotatable bonds is 2. The van der Waals surface area contributed by atoms with Crippen LogP contribution in [0.5, 0.6) is 0 Å². The van der Waals surface area contributed by atoms with Crippen LogP contribution in [-0.2, 0) is 6.18 Å². The first-order valence-corrected chi connectivity index (χ1v) is 6.89. The lowest BCUT2D eigenvalue weighted by molar-refractivity contribution is -0.139. The molecule has 0 aliphatic heterocycles. The molecule has 2 aromatic carbocycles. The van der Waals surface area contributed by atoms with Gasteiger partial charge in [0.25, 0.3) is 6.43 Å². The molecule has 0 atom stereocenters. The fourth-order valence-electron chi connectivity index (χ4n) is 2.03. The zero-order chi connectivity index (χ0) is 16.7. The van der Waals surface area contributed by atoms with E-state index in [1.807, 2.05) is 0 Å². The minimum absolute atomic E-state index is 0.0400. The maximum absolute atomic E-state index is 13.2. The molecule has 2 aromatic rings. The summed E-state index contributed by atoms with van der Waals surface area (Å²) in [6, 6.07) is 5.19. The van der Waals surface area contributed by atoms with Crippen LogP contribution >= 0.6 is 34.8 Å². The van der Waals surface area contributed by atoms with Gasteiger partial charge in [-0.05, 0) is 23.8 Å². The van der Waals surface area contributed by atoms with E-state index in [0.717, 1.165) is 12.1 Å². The molecule has 0 saturated carbocycles. The predicted octanol–water partition coefficient (Wildman–Crippen LogP) is 7.27. The van der Waals surface area contributed by atoms with Gasteiger partial charge >= 0.3 is 6.18 Å². The molecule has 0 saturated heterocycles. The lowest BCUT2D eigenvalue weighted by Crippen LogP contribution is -2.10. The summed E-state index contributed by atoms with van der Waals surface area (Å²) >= 11 is 17.5. The molecule has 0 fully saturated rings. The molecule has 0 radical (unpaired) electrons. The Morgan fingerprint density at radius 1 is 0.909 bits per heavy atom. The number of alkyl halides is 5. The van der Waals surface area contributed by atoms with Gasteiger partial charge in [-0.25, -0.2) is 8.78 Å². The normalized spacial score (nSPS) is 12.0. The largest absolute Gasteiger partial charge is 0.416 e. The van der Waals surface area contributed by atoms with Crippen LogP contribution in [-0.4, -0.2) is 0 Å². The lowest BCUT2D eigenvalue weighted by atomic mass is 9.95. The molecule has 22 heavy (non-hydrogen) atoms. The first-order valence-electron chi connectivity index (χ1n) is 5.76. The maximum Gasteiger partial charge on any atom is 0.416 e. The molecule has 118 valence electrons. The van der Waals surface area contributed by atoms with Crippen molar-refractivity contribution >= 4 is 34.8 Å². The van der Waals surface area contributed by atoms with Crippen molar-refractivity contribution in [1.29, 1.82) is 0 Å². The third kappa shape index (κ3) is 3.31. The summed E-state index contributed by atoms with van der Waals surface area (Å²) in [5.74, 6) is 0. The first-order chi connectivity index (χ1) is 10.1. The number of hydrogen-bond donors (Lipinski definition) is 0. The fraction of sp³-hybridized carbons (Fsp3) is 0.143. The van der Waals surface area contributed by atoms with Crippen LogP contribution < -0.4 is 0 Å². The Kier molecular flexibility index (Phi) is 4.90. The highest BCUT2D eigenvalue weighted by atomic mass is 35.5. The van der Waals surface area contributed by atoms with Crippen molar-refractivity contribution in [1.82, 2.24) is 0 Å².